The van der Waals surface area contributed by atoms with Crippen molar-refractivity contribution in [1.29, 1.82) is 0 Å². The lowest BCUT2D eigenvalue weighted by atomic mass is 9.77. The minimum absolute atomic E-state index is 0.00212. The molecule has 2 aliphatic rings. The number of hydrogen-bond acceptors (Lipinski definition) is 3. The highest BCUT2D eigenvalue weighted by Crippen LogP contribution is 2.33. The van der Waals surface area contributed by atoms with Crippen LogP contribution in [0.5, 0.6) is 5.75 Å². The lowest BCUT2D eigenvalue weighted by Crippen LogP contribution is -2.52. The second kappa shape index (κ2) is 6.61. The van der Waals surface area contributed by atoms with E-state index < -0.39 is 0 Å². The predicted octanol–water partition coefficient (Wildman–Crippen LogP) is 3.58. The fraction of sp³-hybridized carbons (Fsp3) is 0.611. The molecule has 1 aliphatic carbocycles. The van der Waals surface area contributed by atoms with Crippen molar-refractivity contribution >= 4 is 5.78 Å². The highest BCUT2D eigenvalue weighted by atomic mass is 16.5. The molecule has 3 atom stereocenters. The minimum atomic E-state index is 0.00212. The third-order valence-electron chi connectivity index (χ3n) is 4.92. The Hall–Kier alpha value is -1.35. The number of carbonyl (C=O) groups excluding carboxylic acids is 1. The van der Waals surface area contributed by atoms with Crippen molar-refractivity contribution in [3.63, 3.8) is 0 Å². The standard InChI is InChI=1S/C18H25NO2/c1-2-21-15-10-7-14(8-11-15)18(20)17-12-9-13-5-3-4-6-16(13)19-17/h7-8,10-11,13,16-17,19H,2-6,9,12H2,1H3. The van der Waals surface area contributed by atoms with Gasteiger partial charge in [0.15, 0.2) is 5.78 Å². The first-order valence-corrected chi connectivity index (χ1v) is 8.31. The number of ketones is 1. The van der Waals surface area contributed by atoms with E-state index >= 15 is 0 Å². The van der Waals surface area contributed by atoms with Gasteiger partial charge in [0.1, 0.15) is 5.75 Å². The zero-order valence-electron chi connectivity index (χ0n) is 12.8. The number of ether oxygens (including phenoxy) is 1. The van der Waals surface area contributed by atoms with Crippen LogP contribution in [0.1, 0.15) is 55.8 Å². The van der Waals surface area contributed by atoms with Crippen LogP contribution >= 0.6 is 0 Å². The van der Waals surface area contributed by atoms with Gasteiger partial charge in [0.05, 0.1) is 12.6 Å². The second-order valence-electron chi connectivity index (χ2n) is 6.27. The smallest absolute Gasteiger partial charge is 0.179 e. The fourth-order valence-corrected chi connectivity index (χ4v) is 3.79. The molecule has 0 aromatic heterocycles. The van der Waals surface area contributed by atoms with E-state index in [0.717, 1.165) is 23.7 Å². The van der Waals surface area contributed by atoms with Crippen LogP contribution in [0.3, 0.4) is 0 Å². The quantitative estimate of drug-likeness (QED) is 0.860. The highest BCUT2D eigenvalue weighted by molar-refractivity contribution is 6.00. The van der Waals surface area contributed by atoms with E-state index in [0.29, 0.717) is 12.6 Å². The van der Waals surface area contributed by atoms with E-state index in [4.69, 9.17) is 4.74 Å². The molecule has 1 saturated carbocycles. The third-order valence-corrected chi connectivity index (χ3v) is 4.92. The maximum absolute atomic E-state index is 12.6. The number of hydrogen-bond donors (Lipinski definition) is 1. The van der Waals surface area contributed by atoms with Gasteiger partial charge in [-0.2, -0.15) is 0 Å². The van der Waals surface area contributed by atoms with Crippen molar-refractivity contribution in [3.05, 3.63) is 29.8 Å². The summed E-state index contributed by atoms with van der Waals surface area (Å²) in [5, 5.41) is 3.61. The van der Waals surface area contributed by atoms with E-state index in [1.165, 1.54) is 32.1 Å². The molecule has 1 heterocycles. The third kappa shape index (κ3) is 3.29. The van der Waals surface area contributed by atoms with Gasteiger partial charge in [0.2, 0.25) is 0 Å². The summed E-state index contributed by atoms with van der Waals surface area (Å²) in [5.74, 6) is 1.86. The second-order valence-corrected chi connectivity index (χ2v) is 6.27. The average Bonchev–Trinajstić information content (AvgIpc) is 2.55. The molecule has 1 N–H and O–H groups in total. The van der Waals surface area contributed by atoms with Crippen LogP contribution in [0, 0.1) is 5.92 Å². The number of rotatable bonds is 4. The van der Waals surface area contributed by atoms with E-state index in [1.54, 1.807) is 0 Å². The Morgan fingerprint density at radius 3 is 2.67 bits per heavy atom. The summed E-state index contributed by atoms with van der Waals surface area (Å²) in [6, 6.07) is 8.13. The summed E-state index contributed by atoms with van der Waals surface area (Å²) in [7, 11) is 0. The molecule has 0 amide bonds. The van der Waals surface area contributed by atoms with Crippen LogP contribution in [-0.4, -0.2) is 24.5 Å². The van der Waals surface area contributed by atoms with E-state index in [-0.39, 0.29) is 11.8 Å². The van der Waals surface area contributed by atoms with Gasteiger partial charge in [0, 0.05) is 11.6 Å². The molecule has 21 heavy (non-hydrogen) atoms. The first kappa shape index (κ1) is 14.6. The molecule has 1 saturated heterocycles. The van der Waals surface area contributed by atoms with Crippen molar-refractivity contribution in [2.24, 2.45) is 5.92 Å². The Kier molecular flexibility index (Phi) is 4.59. The van der Waals surface area contributed by atoms with Crippen LogP contribution < -0.4 is 10.1 Å². The monoisotopic (exact) mass is 287 g/mol. The van der Waals surface area contributed by atoms with E-state index in [1.807, 2.05) is 31.2 Å². The Labute approximate surface area is 127 Å². The number of nitrogens with one attached hydrogen (secondary N) is 1. The molecule has 3 heteroatoms. The molecule has 1 aliphatic heterocycles. The molecule has 2 fully saturated rings. The summed E-state index contributed by atoms with van der Waals surface area (Å²) < 4.78 is 5.43. The maximum Gasteiger partial charge on any atom is 0.179 e. The molecule has 0 bridgehead atoms. The van der Waals surface area contributed by atoms with Crippen LogP contribution in [0.25, 0.3) is 0 Å². The van der Waals surface area contributed by atoms with Gasteiger partial charge in [-0.05, 0) is 62.8 Å². The number of Topliss-reactive ketones (excluding diaryl/α,β-unsaturated/α-hetero) is 1. The molecule has 0 radical (unpaired) electrons. The summed E-state index contributed by atoms with van der Waals surface area (Å²) in [6.07, 6.45) is 7.41. The Morgan fingerprint density at radius 2 is 1.90 bits per heavy atom. The molecule has 3 unspecified atom stereocenters. The topological polar surface area (TPSA) is 38.3 Å². The minimum Gasteiger partial charge on any atom is -0.494 e. The Morgan fingerprint density at radius 1 is 1.14 bits per heavy atom. The summed E-state index contributed by atoms with van der Waals surface area (Å²) in [4.78, 5) is 12.6. The Bertz CT molecular complexity index is 482. The van der Waals surface area contributed by atoms with E-state index in [9.17, 15) is 4.79 Å². The highest BCUT2D eigenvalue weighted by Gasteiger charge is 2.34. The molecule has 3 nitrogen and oxygen atoms in total. The first-order valence-electron chi connectivity index (χ1n) is 8.31. The number of benzene rings is 1. The molecule has 3 rings (SSSR count). The molecule has 0 spiro atoms. The molecule has 1 aromatic rings. The van der Waals surface area contributed by atoms with Gasteiger partial charge in [-0.3, -0.25) is 4.79 Å². The number of fused-ring (bicyclic) bond motifs is 1. The maximum atomic E-state index is 12.6. The Balaban J connectivity index is 1.64. The average molecular weight is 287 g/mol. The van der Waals surface area contributed by atoms with Crippen molar-refractivity contribution in [2.75, 3.05) is 6.61 Å². The normalized spacial score (nSPS) is 28.7. The SMILES string of the molecule is CCOc1ccc(C(=O)C2CCC3CCCCC3N2)cc1. The van der Waals surface area contributed by atoms with Crippen LogP contribution in [0.2, 0.25) is 0 Å². The van der Waals surface area contributed by atoms with Gasteiger partial charge in [-0.15, -0.1) is 0 Å². The predicted molar refractivity (Wildman–Crippen MR) is 83.8 cm³/mol. The summed E-state index contributed by atoms with van der Waals surface area (Å²) in [6.45, 7) is 2.62. The van der Waals surface area contributed by atoms with Crippen molar-refractivity contribution in [3.8, 4) is 5.75 Å². The van der Waals surface area contributed by atoms with E-state index in [2.05, 4.69) is 5.32 Å². The lowest BCUT2D eigenvalue weighted by molar-refractivity contribution is 0.0861. The lowest BCUT2D eigenvalue weighted by Gasteiger charge is -2.40. The molecular weight excluding hydrogens is 262 g/mol. The van der Waals surface area contributed by atoms with Gasteiger partial charge >= 0.3 is 0 Å². The summed E-state index contributed by atoms with van der Waals surface area (Å²) in [5.41, 5.74) is 0.796. The number of piperidine rings is 1. The fourth-order valence-electron chi connectivity index (χ4n) is 3.79. The molecular formula is C18H25NO2. The van der Waals surface area contributed by atoms with Gasteiger partial charge < -0.3 is 10.1 Å². The van der Waals surface area contributed by atoms with Gasteiger partial charge in [-0.1, -0.05) is 12.8 Å². The van der Waals surface area contributed by atoms with Crippen LogP contribution in [0.4, 0.5) is 0 Å². The van der Waals surface area contributed by atoms with Crippen molar-refractivity contribution in [2.45, 2.75) is 57.5 Å². The first-order chi connectivity index (χ1) is 10.3. The van der Waals surface area contributed by atoms with Crippen molar-refractivity contribution in [1.82, 2.24) is 5.32 Å². The summed E-state index contributed by atoms with van der Waals surface area (Å²) >= 11 is 0. The van der Waals surface area contributed by atoms with Gasteiger partial charge in [0.25, 0.3) is 0 Å². The van der Waals surface area contributed by atoms with Crippen LogP contribution in [-0.2, 0) is 0 Å². The zero-order valence-corrected chi connectivity index (χ0v) is 12.8. The van der Waals surface area contributed by atoms with Crippen molar-refractivity contribution < 1.29 is 9.53 Å². The molecule has 114 valence electrons. The largest absolute Gasteiger partial charge is 0.494 e. The number of carbonyl (C=O) groups is 1. The van der Waals surface area contributed by atoms with Crippen LogP contribution in [0.15, 0.2) is 24.3 Å². The van der Waals surface area contributed by atoms with Gasteiger partial charge in [-0.25, -0.2) is 0 Å². The zero-order chi connectivity index (χ0) is 14.7. The molecule has 1 aromatic carbocycles.